The summed E-state index contributed by atoms with van der Waals surface area (Å²) in [5.41, 5.74) is 0.961. The van der Waals surface area contributed by atoms with Crippen molar-refractivity contribution in [3.63, 3.8) is 0 Å². The first kappa shape index (κ1) is 13.1. The fourth-order valence-corrected chi connectivity index (χ4v) is 2.18. The third-order valence-electron chi connectivity index (χ3n) is 2.03. The topological polar surface area (TPSA) is 17.1 Å². The molecule has 0 saturated carbocycles. The van der Waals surface area contributed by atoms with E-state index in [1.54, 1.807) is 12.1 Å². The average molecular weight is 248 g/mol. The second-order valence-corrected chi connectivity index (χ2v) is 4.19. The number of thioether (sulfide) groups is 1. The zero-order chi connectivity index (χ0) is 12.2. The van der Waals surface area contributed by atoms with E-state index in [4.69, 9.17) is 0 Å². The maximum atomic E-state index is 12.0. The lowest BCUT2D eigenvalue weighted by Crippen LogP contribution is -2.24. The zero-order valence-corrected chi connectivity index (χ0v) is 9.49. The molecule has 0 fully saturated rings. The van der Waals surface area contributed by atoms with E-state index in [1.165, 1.54) is 0 Å². The van der Waals surface area contributed by atoms with Crippen LogP contribution in [0.15, 0.2) is 29.2 Å². The number of carbonyl (C=O) groups is 1. The number of benzene rings is 1. The number of carbonyl (C=O) groups excluding carboxylic acids is 1. The van der Waals surface area contributed by atoms with Crippen LogP contribution < -0.4 is 0 Å². The molecule has 0 aliphatic heterocycles. The van der Waals surface area contributed by atoms with E-state index < -0.39 is 17.7 Å². The summed E-state index contributed by atoms with van der Waals surface area (Å²) in [6.07, 6.45) is -3.99. The third-order valence-corrected chi connectivity index (χ3v) is 3.14. The van der Waals surface area contributed by atoms with Gasteiger partial charge in [-0.2, -0.15) is 13.2 Å². The third kappa shape index (κ3) is 3.56. The molecule has 0 heterocycles. The van der Waals surface area contributed by atoms with Gasteiger partial charge < -0.3 is 0 Å². The summed E-state index contributed by atoms with van der Waals surface area (Å²) in [5.74, 6) is -2.25. The molecule has 1 aromatic rings. The van der Waals surface area contributed by atoms with E-state index in [1.807, 2.05) is 19.1 Å². The van der Waals surface area contributed by atoms with Gasteiger partial charge in [0.25, 0.3) is 0 Å². The van der Waals surface area contributed by atoms with Crippen LogP contribution in [0.3, 0.4) is 0 Å². The molecule has 1 nitrogen and oxygen atoms in total. The van der Waals surface area contributed by atoms with E-state index in [0.717, 1.165) is 28.6 Å². The molecule has 0 aliphatic rings. The second-order valence-electron chi connectivity index (χ2n) is 3.17. The Morgan fingerprint density at radius 3 is 2.50 bits per heavy atom. The van der Waals surface area contributed by atoms with Gasteiger partial charge in [0, 0.05) is 4.90 Å². The van der Waals surface area contributed by atoms with E-state index in [-0.39, 0.29) is 0 Å². The quantitative estimate of drug-likeness (QED) is 0.759. The minimum Gasteiger partial charge on any atom is -0.289 e. The molecule has 16 heavy (non-hydrogen) atoms. The molecule has 0 bridgehead atoms. The number of aryl methyl sites for hydroxylation is 1. The number of ketones is 1. The molecule has 0 spiro atoms. The van der Waals surface area contributed by atoms with Crippen LogP contribution in [0, 0.1) is 0 Å². The monoisotopic (exact) mass is 248 g/mol. The van der Waals surface area contributed by atoms with E-state index >= 15 is 0 Å². The van der Waals surface area contributed by atoms with Crippen molar-refractivity contribution in [3.05, 3.63) is 29.8 Å². The van der Waals surface area contributed by atoms with Gasteiger partial charge in [0.05, 0.1) is 5.75 Å². The van der Waals surface area contributed by atoms with Crippen LogP contribution in [0.1, 0.15) is 12.5 Å². The molecular weight excluding hydrogens is 237 g/mol. The highest BCUT2D eigenvalue weighted by Crippen LogP contribution is 2.26. The standard InChI is InChI=1S/C11H11F3OS/c1-2-8-5-3-4-6-9(8)16-7-10(15)11(12,13)14/h3-6H,2,7H2,1H3. The van der Waals surface area contributed by atoms with Crippen LogP contribution >= 0.6 is 11.8 Å². The number of Topliss-reactive ketones (excluding diaryl/α,β-unsaturated/α-hetero) is 1. The van der Waals surface area contributed by atoms with Crippen molar-refractivity contribution in [1.29, 1.82) is 0 Å². The van der Waals surface area contributed by atoms with Gasteiger partial charge in [-0.1, -0.05) is 25.1 Å². The lowest BCUT2D eigenvalue weighted by atomic mass is 10.2. The highest BCUT2D eigenvalue weighted by Gasteiger charge is 2.37. The molecule has 0 aromatic heterocycles. The summed E-state index contributed by atoms with van der Waals surface area (Å²) in [5, 5.41) is 0. The molecule has 0 radical (unpaired) electrons. The SMILES string of the molecule is CCc1ccccc1SCC(=O)C(F)(F)F. The molecule has 88 valence electrons. The number of rotatable bonds is 4. The number of halogens is 3. The smallest absolute Gasteiger partial charge is 0.289 e. The number of hydrogen-bond donors (Lipinski definition) is 0. The summed E-state index contributed by atoms with van der Waals surface area (Å²) < 4.78 is 35.9. The summed E-state index contributed by atoms with van der Waals surface area (Å²) >= 11 is 0.937. The Hall–Kier alpha value is -0.970. The van der Waals surface area contributed by atoms with Crippen molar-refractivity contribution in [2.24, 2.45) is 0 Å². The van der Waals surface area contributed by atoms with Gasteiger partial charge in [0.1, 0.15) is 0 Å². The van der Waals surface area contributed by atoms with Crippen molar-refractivity contribution in [1.82, 2.24) is 0 Å². The summed E-state index contributed by atoms with van der Waals surface area (Å²) in [4.78, 5) is 11.4. The minimum absolute atomic E-state index is 0.555. The fraction of sp³-hybridized carbons (Fsp3) is 0.364. The number of alkyl halides is 3. The van der Waals surface area contributed by atoms with Crippen molar-refractivity contribution >= 4 is 17.5 Å². The molecule has 0 saturated heterocycles. The van der Waals surface area contributed by atoms with Gasteiger partial charge in [-0.25, -0.2) is 0 Å². The fourth-order valence-electron chi connectivity index (χ4n) is 1.16. The van der Waals surface area contributed by atoms with Crippen LogP contribution in [-0.4, -0.2) is 17.7 Å². The Morgan fingerprint density at radius 2 is 1.94 bits per heavy atom. The highest BCUT2D eigenvalue weighted by atomic mass is 32.2. The van der Waals surface area contributed by atoms with Crippen LogP contribution in [0.25, 0.3) is 0 Å². The van der Waals surface area contributed by atoms with Crippen molar-refractivity contribution in [3.8, 4) is 0 Å². The first-order valence-corrected chi connectivity index (χ1v) is 5.74. The van der Waals surface area contributed by atoms with Gasteiger partial charge in [-0.05, 0) is 18.1 Å². The normalized spacial score (nSPS) is 11.5. The van der Waals surface area contributed by atoms with E-state index in [9.17, 15) is 18.0 Å². The molecule has 0 aliphatic carbocycles. The Bertz CT molecular complexity index is 374. The molecular formula is C11H11F3OS. The molecule has 0 amide bonds. The Balaban J connectivity index is 2.65. The lowest BCUT2D eigenvalue weighted by molar-refractivity contribution is -0.167. The first-order chi connectivity index (χ1) is 7.45. The number of hydrogen-bond acceptors (Lipinski definition) is 2. The predicted octanol–water partition coefficient (Wildman–Crippen LogP) is 3.47. The molecule has 1 aromatic carbocycles. The molecule has 0 unspecified atom stereocenters. The van der Waals surface area contributed by atoms with Crippen molar-refractivity contribution in [2.75, 3.05) is 5.75 Å². The van der Waals surface area contributed by atoms with Crippen molar-refractivity contribution in [2.45, 2.75) is 24.4 Å². The highest BCUT2D eigenvalue weighted by molar-refractivity contribution is 8.00. The maximum Gasteiger partial charge on any atom is 0.450 e. The largest absolute Gasteiger partial charge is 0.450 e. The van der Waals surface area contributed by atoms with Crippen LogP contribution in [0.4, 0.5) is 13.2 Å². The predicted molar refractivity (Wildman–Crippen MR) is 57.6 cm³/mol. The van der Waals surface area contributed by atoms with Crippen LogP contribution in [0.5, 0.6) is 0 Å². The minimum atomic E-state index is -4.73. The maximum absolute atomic E-state index is 12.0. The lowest BCUT2D eigenvalue weighted by Gasteiger charge is -2.07. The van der Waals surface area contributed by atoms with E-state index in [2.05, 4.69) is 0 Å². The summed E-state index contributed by atoms with van der Waals surface area (Å²) in [6, 6.07) is 7.15. The molecule has 0 N–H and O–H groups in total. The first-order valence-electron chi connectivity index (χ1n) is 4.76. The second kappa shape index (κ2) is 5.39. The van der Waals surface area contributed by atoms with Crippen LogP contribution in [-0.2, 0) is 11.2 Å². The van der Waals surface area contributed by atoms with Gasteiger partial charge in [0.15, 0.2) is 0 Å². The average Bonchev–Trinajstić information content (AvgIpc) is 2.24. The van der Waals surface area contributed by atoms with Gasteiger partial charge in [0.2, 0.25) is 5.78 Å². The summed E-state index contributed by atoms with van der Waals surface area (Å²) in [6.45, 7) is 1.92. The van der Waals surface area contributed by atoms with Crippen LogP contribution in [0.2, 0.25) is 0 Å². The van der Waals surface area contributed by atoms with E-state index in [0.29, 0.717) is 0 Å². The Morgan fingerprint density at radius 1 is 1.31 bits per heavy atom. The van der Waals surface area contributed by atoms with Gasteiger partial charge in [-0.15, -0.1) is 11.8 Å². The van der Waals surface area contributed by atoms with Gasteiger partial charge >= 0.3 is 6.18 Å². The molecule has 1 rings (SSSR count). The Kier molecular flexibility index (Phi) is 4.41. The van der Waals surface area contributed by atoms with Gasteiger partial charge in [-0.3, -0.25) is 4.79 Å². The molecule has 5 heteroatoms. The van der Waals surface area contributed by atoms with Crippen molar-refractivity contribution < 1.29 is 18.0 Å². The summed E-state index contributed by atoms with van der Waals surface area (Å²) in [7, 11) is 0. The zero-order valence-electron chi connectivity index (χ0n) is 8.67. The Labute approximate surface area is 96.0 Å². The molecule has 0 atom stereocenters.